The maximum atomic E-state index is 13.5. The summed E-state index contributed by atoms with van der Waals surface area (Å²) in [5.41, 5.74) is 12.3. The second-order valence-corrected chi connectivity index (χ2v) is 24.1. The molecule has 0 bridgehead atoms. The van der Waals surface area contributed by atoms with Crippen LogP contribution in [0.15, 0.2) is 48.5 Å². The first kappa shape index (κ1) is 55.7. The molecule has 67 heavy (non-hydrogen) atoms. The van der Waals surface area contributed by atoms with Crippen molar-refractivity contribution in [2.75, 3.05) is 0 Å². The molecular weight excluding hydrogens is 1010 g/mol. The Hall–Kier alpha value is -2.20. The minimum absolute atomic E-state index is 0. The molecule has 12 heteroatoms. The van der Waals surface area contributed by atoms with Crippen molar-refractivity contribution in [3.63, 3.8) is 0 Å². The monoisotopic (exact) mass is 1080 g/mol. The fourth-order valence-corrected chi connectivity index (χ4v) is 13.5. The fraction of sp³-hybridized carbons (Fsp3) is 0.564. The van der Waals surface area contributed by atoms with Gasteiger partial charge in [-0.05, 0) is 116 Å². The van der Waals surface area contributed by atoms with Crippen LogP contribution in [0.5, 0.6) is 23.0 Å². The quantitative estimate of drug-likeness (QED) is 0.166. The fourth-order valence-electron chi connectivity index (χ4n) is 11.6. The second-order valence-electron chi connectivity index (χ2n) is 21.5. The summed E-state index contributed by atoms with van der Waals surface area (Å²) in [5.74, 6) is 2.38. The summed E-state index contributed by atoms with van der Waals surface area (Å²) in [7, 11) is -8.72. The van der Waals surface area contributed by atoms with Crippen LogP contribution < -0.4 is 18.1 Å². The molecule has 2 unspecified atom stereocenters. The van der Waals surface area contributed by atoms with E-state index in [1.165, 1.54) is 49.7 Å². The summed E-state index contributed by atoms with van der Waals surface area (Å²) in [4.78, 5) is 21.8. The first-order valence-corrected chi connectivity index (χ1v) is 27.5. The van der Waals surface area contributed by atoms with Crippen molar-refractivity contribution >= 4 is 15.6 Å². The number of rotatable bonds is 8. The molecule has 2 aliphatic heterocycles. The van der Waals surface area contributed by atoms with Gasteiger partial charge in [0.25, 0.3) is 0 Å². The van der Waals surface area contributed by atoms with Gasteiger partial charge in [-0.1, -0.05) is 171 Å². The van der Waals surface area contributed by atoms with Crippen LogP contribution in [0.2, 0.25) is 0 Å². The molecule has 8 rings (SSSR count). The molecule has 0 radical (unpaired) electrons. The number of benzene rings is 4. The van der Waals surface area contributed by atoms with Gasteiger partial charge in [-0.15, -0.1) is 0 Å². The topological polar surface area (TPSA) is 143 Å². The van der Waals surface area contributed by atoms with E-state index in [0.29, 0.717) is 35.8 Å². The normalized spacial score (nSPS) is 20.6. The third-order valence-electron chi connectivity index (χ3n) is 14.9. The van der Waals surface area contributed by atoms with Crippen LogP contribution in [0.25, 0.3) is 0 Å². The molecule has 4 aromatic carbocycles. The molecule has 4 N–H and O–H groups in total. The largest absolute Gasteiger partial charge is 0.584 e. The van der Waals surface area contributed by atoms with E-state index in [4.69, 9.17) is 18.1 Å². The zero-order valence-corrected chi connectivity index (χ0v) is 47.2. The van der Waals surface area contributed by atoms with Crippen molar-refractivity contribution in [3.8, 4) is 23.0 Å². The molecule has 2 atom stereocenters. The minimum atomic E-state index is -4.37. The summed E-state index contributed by atoms with van der Waals surface area (Å²) in [6.45, 7) is 23.7. The number of hydrogen-bond acceptors (Lipinski definition) is 6. The van der Waals surface area contributed by atoms with Crippen LogP contribution in [-0.4, -0.2) is 15.3 Å². The zero-order valence-electron chi connectivity index (χ0n) is 42.2. The van der Waals surface area contributed by atoms with Gasteiger partial charge in [0.1, 0.15) is 23.0 Å². The Kier molecular flexibility index (Phi) is 18.3. The predicted molar refractivity (Wildman–Crippen MR) is 268 cm³/mol. The van der Waals surface area contributed by atoms with Crippen molar-refractivity contribution in [1.82, 2.24) is 0 Å². The Morgan fingerprint density at radius 2 is 0.955 bits per heavy atom. The minimum Gasteiger partial charge on any atom is -0.412 e. The standard InChI is InChI=1S/C29H39O4P.C26H37O4P.Ce.H2O/c1-20-15-22-19-23-16-21(2)18-25(29(4)13-9-6-10-14-29)27(23)33-34(30,31)32-26(22)24(17-20)28(3)11-7-5-8-12-28;1-8-10-19(5)22-14-17(3)12-20-16-21-13-18(4)15-23(26(6,7)11-9-2)25(21)30-31(27,28)29-24(20)22;;/h15-18H,5-14,19H2,1-4H3,(H,30,31);12-15,19H,8-11,16H2,1-7H3,(H,27,28);;1H2. The van der Waals surface area contributed by atoms with E-state index in [9.17, 15) is 18.9 Å². The number of hydrogen-bond donors (Lipinski definition) is 2. The van der Waals surface area contributed by atoms with E-state index in [0.717, 1.165) is 107 Å². The smallest absolute Gasteiger partial charge is 0.412 e. The maximum absolute atomic E-state index is 13.5. The third-order valence-corrected chi connectivity index (χ3v) is 16.6. The second kappa shape index (κ2) is 22.1. The maximum Gasteiger partial charge on any atom is 0.584 e. The van der Waals surface area contributed by atoms with E-state index in [1.54, 1.807) is 0 Å². The Bertz CT molecular complexity index is 2420. The molecule has 0 saturated heterocycles. The van der Waals surface area contributed by atoms with Crippen molar-refractivity contribution < 1.29 is 84.2 Å². The van der Waals surface area contributed by atoms with E-state index < -0.39 is 15.6 Å². The molecule has 0 spiro atoms. The summed E-state index contributed by atoms with van der Waals surface area (Å²) in [5, 5.41) is 0. The first-order chi connectivity index (χ1) is 30.6. The van der Waals surface area contributed by atoms with Crippen LogP contribution >= 0.6 is 15.6 Å². The van der Waals surface area contributed by atoms with Gasteiger partial charge in [-0.2, -0.15) is 0 Å². The molecule has 2 fully saturated rings. The van der Waals surface area contributed by atoms with E-state index in [-0.39, 0.29) is 69.4 Å². The van der Waals surface area contributed by atoms with Crippen molar-refractivity contribution in [2.24, 2.45) is 0 Å². The Labute approximate surface area is 435 Å². The van der Waals surface area contributed by atoms with Crippen molar-refractivity contribution in [2.45, 2.75) is 201 Å². The number of phosphoric acid groups is 2. The van der Waals surface area contributed by atoms with E-state index >= 15 is 0 Å². The van der Waals surface area contributed by atoms with E-state index in [2.05, 4.69) is 125 Å². The molecule has 366 valence electrons. The average Bonchev–Trinajstić information content (AvgIpc) is 3.21. The molecule has 4 aliphatic rings. The van der Waals surface area contributed by atoms with Crippen LogP contribution in [-0.2, 0) is 38.2 Å². The third kappa shape index (κ3) is 12.6. The molecule has 9 nitrogen and oxygen atoms in total. The number of fused-ring (bicyclic) bond motifs is 4. The molecule has 2 saturated carbocycles. The van der Waals surface area contributed by atoms with Gasteiger partial charge >= 0.3 is 15.6 Å². The van der Waals surface area contributed by atoms with Crippen molar-refractivity contribution in [3.05, 3.63) is 115 Å². The average molecular weight is 1090 g/mol. The summed E-state index contributed by atoms with van der Waals surface area (Å²) in [6, 6.07) is 16.9. The van der Waals surface area contributed by atoms with Gasteiger partial charge in [0.15, 0.2) is 0 Å². The predicted octanol–water partition coefficient (Wildman–Crippen LogP) is 15.1. The number of phosphoric ester groups is 2. The molecule has 0 aromatic heterocycles. The molecular formula is C55H78CeO9P2. The van der Waals surface area contributed by atoms with Crippen LogP contribution in [0, 0.1) is 69.4 Å². The van der Waals surface area contributed by atoms with Gasteiger partial charge in [0, 0.05) is 71.3 Å². The molecule has 2 aliphatic carbocycles. The summed E-state index contributed by atoms with van der Waals surface area (Å²) < 4.78 is 50.2. The zero-order chi connectivity index (χ0) is 47.1. The molecule has 4 aromatic rings. The summed E-state index contributed by atoms with van der Waals surface area (Å²) >= 11 is 0. The molecule has 2 heterocycles. The van der Waals surface area contributed by atoms with Gasteiger partial charge in [0.05, 0.1) is 0 Å². The Balaban J connectivity index is 0.000000245. The Morgan fingerprint density at radius 1 is 0.582 bits per heavy atom. The first-order valence-electron chi connectivity index (χ1n) is 24.6. The Morgan fingerprint density at radius 3 is 1.39 bits per heavy atom. The van der Waals surface area contributed by atoms with Gasteiger partial charge in [-0.3, -0.25) is 9.79 Å². The molecule has 0 amide bonds. The van der Waals surface area contributed by atoms with Gasteiger partial charge in [0.2, 0.25) is 0 Å². The van der Waals surface area contributed by atoms with Crippen LogP contribution in [0.1, 0.15) is 211 Å². The van der Waals surface area contributed by atoms with Crippen LogP contribution in [0.4, 0.5) is 0 Å². The number of aryl methyl sites for hydroxylation is 4. The van der Waals surface area contributed by atoms with Crippen LogP contribution in [0.3, 0.4) is 0 Å². The van der Waals surface area contributed by atoms with Gasteiger partial charge in [-0.25, -0.2) is 9.13 Å². The van der Waals surface area contributed by atoms with Gasteiger partial charge < -0.3 is 23.6 Å². The summed E-state index contributed by atoms with van der Waals surface area (Å²) in [6.07, 6.45) is 16.7. The van der Waals surface area contributed by atoms with E-state index in [1.807, 2.05) is 0 Å². The van der Waals surface area contributed by atoms with Crippen molar-refractivity contribution in [1.29, 1.82) is 0 Å². The SMILES string of the molecule is CCCC(C)c1cc(C)cc2c1OP(=O)(O)Oc1c(cc(C)cc1C(C)(C)CCC)C2.Cc1cc2c(c(C3(C)CCCCC3)c1)OP(=O)(O)Oc1c(cc(C)cc1C1(C)CCCCC1)C2.O.[Ce].